The van der Waals surface area contributed by atoms with Crippen LogP contribution >= 0.6 is 22.9 Å². The van der Waals surface area contributed by atoms with Crippen molar-refractivity contribution < 1.29 is 14.3 Å². The molecule has 3 N–H and O–H groups in total. The molecule has 1 aliphatic rings. The first-order valence-electron chi connectivity index (χ1n) is 8.55. The smallest absolute Gasteiger partial charge is 0.265 e. The van der Waals surface area contributed by atoms with Crippen molar-refractivity contribution >= 4 is 39.8 Å². The number of primary amides is 1. The van der Waals surface area contributed by atoms with Crippen LogP contribution < -0.4 is 15.8 Å². The molecular weight excluding hydrogens is 372 g/mol. The number of fused-ring (bicyclic) bond motifs is 1. The van der Waals surface area contributed by atoms with Gasteiger partial charge in [-0.25, -0.2) is 0 Å². The van der Waals surface area contributed by atoms with Gasteiger partial charge in [0.1, 0.15) is 10.8 Å². The number of ether oxygens (including phenoxy) is 1. The second-order valence-electron chi connectivity index (χ2n) is 6.44. The number of hydrogen-bond acceptors (Lipinski definition) is 4. The Hall–Kier alpha value is -2.05. The van der Waals surface area contributed by atoms with E-state index in [2.05, 4.69) is 5.32 Å². The van der Waals surface area contributed by atoms with Gasteiger partial charge in [0.15, 0.2) is 6.10 Å². The highest BCUT2D eigenvalue weighted by atomic mass is 35.5. The van der Waals surface area contributed by atoms with Gasteiger partial charge < -0.3 is 15.8 Å². The van der Waals surface area contributed by atoms with Crippen molar-refractivity contribution in [3.05, 3.63) is 44.8 Å². The van der Waals surface area contributed by atoms with Gasteiger partial charge in [-0.15, -0.1) is 11.3 Å². The van der Waals surface area contributed by atoms with Gasteiger partial charge >= 0.3 is 0 Å². The van der Waals surface area contributed by atoms with Gasteiger partial charge in [0, 0.05) is 9.90 Å². The van der Waals surface area contributed by atoms with Gasteiger partial charge in [-0.05, 0) is 68.9 Å². The molecule has 2 amide bonds. The number of hydrogen-bond donors (Lipinski definition) is 2. The summed E-state index contributed by atoms with van der Waals surface area (Å²) in [5, 5.41) is 3.99. The van der Waals surface area contributed by atoms with Crippen LogP contribution in [0.25, 0.3) is 0 Å². The molecule has 2 aromatic rings. The Morgan fingerprint density at radius 3 is 2.73 bits per heavy atom. The quantitative estimate of drug-likeness (QED) is 0.803. The minimum Gasteiger partial charge on any atom is -0.481 e. The summed E-state index contributed by atoms with van der Waals surface area (Å²) in [4.78, 5) is 25.6. The molecule has 0 saturated heterocycles. The highest BCUT2D eigenvalue weighted by Crippen LogP contribution is 2.38. The Labute approximate surface area is 161 Å². The Kier molecular flexibility index (Phi) is 5.53. The molecule has 0 bridgehead atoms. The monoisotopic (exact) mass is 392 g/mol. The summed E-state index contributed by atoms with van der Waals surface area (Å²) in [6, 6.07) is 5.23. The Morgan fingerprint density at radius 1 is 1.31 bits per heavy atom. The molecule has 0 unspecified atom stereocenters. The van der Waals surface area contributed by atoms with E-state index in [1.165, 1.54) is 11.3 Å². The highest BCUT2D eigenvalue weighted by molar-refractivity contribution is 7.17. The molecular formula is C19H21ClN2O3S. The summed E-state index contributed by atoms with van der Waals surface area (Å²) in [5.41, 5.74) is 7.88. The molecule has 1 aliphatic carbocycles. The van der Waals surface area contributed by atoms with E-state index in [0.29, 0.717) is 21.3 Å². The van der Waals surface area contributed by atoms with Crippen molar-refractivity contribution in [2.45, 2.75) is 45.6 Å². The van der Waals surface area contributed by atoms with Crippen LogP contribution in [0.5, 0.6) is 5.75 Å². The van der Waals surface area contributed by atoms with E-state index in [1.807, 2.05) is 6.92 Å². The topological polar surface area (TPSA) is 81.4 Å². The third-order valence-corrected chi connectivity index (χ3v) is 6.10. The van der Waals surface area contributed by atoms with Gasteiger partial charge in [-0.3, -0.25) is 9.59 Å². The van der Waals surface area contributed by atoms with Gasteiger partial charge in [0.2, 0.25) is 0 Å². The Bertz CT molecular complexity index is 863. The molecule has 0 spiro atoms. The van der Waals surface area contributed by atoms with E-state index in [1.54, 1.807) is 25.1 Å². The molecule has 138 valence electrons. The lowest BCUT2D eigenvalue weighted by Crippen LogP contribution is -2.30. The lowest BCUT2D eigenvalue weighted by molar-refractivity contribution is -0.122. The average Bonchev–Trinajstić information content (AvgIpc) is 2.96. The Balaban J connectivity index is 1.76. The van der Waals surface area contributed by atoms with Crippen LogP contribution in [0.1, 0.15) is 46.1 Å². The lowest BCUT2D eigenvalue weighted by Gasteiger charge is -2.15. The summed E-state index contributed by atoms with van der Waals surface area (Å²) < 4.78 is 5.70. The SMILES string of the molecule is Cc1cc(O[C@@H](C)C(=O)Nc2sc3c(c2C(N)=O)CCCC3)ccc1Cl. The second kappa shape index (κ2) is 7.68. The maximum atomic E-state index is 12.5. The normalized spacial score (nSPS) is 14.4. The molecule has 0 aliphatic heterocycles. The number of nitrogens with one attached hydrogen (secondary N) is 1. The molecule has 1 heterocycles. The number of anilines is 1. The van der Waals surface area contributed by atoms with Gasteiger partial charge in [0.25, 0.3) is 11.8 Å². The zero-order chi connectivity index (χ0) is 18.8. The molecule has 1 atom stereocenters. The number of carbonyl (C=O) groups is 2. The fourth-order valence-electron chi connectivity index (χ4n) is 3.08. The first-order chi connectivity index (χ1) is 12.4. The number of amides is 2. The van der Waals surface area contributed by atoms with Crippen molar-refractivity contribution in [2.24, 2.45) is 5.73 Å². The van der Waals surface area contributed by atoms with Crippen LogP contribution in [0.3, 0.4) is 0 Å². The van der Waals surface area contributed by atoms with E-state index in [-0.39, 0.29) is 5.91 Å². The third-order valence-electron chi connectivity index (χ3n) is 4.47. The van der Waals surface area contributed by atoms with Crippen molar-refractivity contribution in [1.82, 2.24) is 0 Å². The standard InChI is InChI=1S/C19H21ClN2O3S/c1-10-9-12(7-8-14(10)20)25-11(2)18(24)22-19-16(17(21)23)13-5-3-4-6-15(13)26-19/h7-9,11H,3-6H2,1-2H3,(H2,21,23)(H,22,24)/t11-/m0/s1. The molecule has 1 aromatic carbocycles. The van der Waals surface area contributed by atoms with Crippen LogP contribution in [0.2, 0.25) is 5.02 Å². The van der Waals surface area contributed by atoms with Crippen LogP contribution in [-0.4, -0.2) is 17.9 Å². The summed E-state index contributed by atoms with van der Waals surface area (Å²) in [6.45, 7) is 3.53. The maximum Gasteiger partial charge on any atom is 0.265 e. The number of halogens is 1. The largest absolute Gasteiger partial charge is 0.481 e. The summed E-state index contributed by atoms with van der Waals surface area (Å²) in [7, 11) is 0. The van der Waals surface area contributed by atoms with Crippen molar-refractivity contribution in [2.75, 3.05) is 5.32 Å². The van der Waals surface area contributed by atoms with Crippen molar-refractivity contribution in [3.8, 4) is 5.75 Å². The fourth-order valence-corrected chi connectivity index (χ4v) is 4.49. The van der Waals surface area contributed by atoms with E-state index in [9.17, 15) is 9.59 Å². The summed E-state index contributed by atoms with van der Waals surface area (Å²) >= 11 is 7.45. The first kappa shape index (κ1) is 18.7. The molecule has 7 heteroatoms. The molecule has 0 saturated carbocycles. The average molecular weight is 393 g/mol. The van der Waals surface area contributed by atoms with E-state index >= 15 is 0 Å². The summed E-state index contributed by atoms with van der Waals surface area (Å²) in [5.74, 6) is -0.254. The molecule has 0 fully saturated rings. The molecule has 0 radical (unpaired) electrons. The number of carbonyl (C=O) groups excluding carboxylic acids is 2. The zero-order valence-electron chi connectivity index (χ0n) is 14.7. The number of thiophene rings is 1. The van der Waals surface area contributed by atoms with E-state index < -0.39 is 12.0 Å². The van der Waals surface area contributed by atoms with Gasteiger partial charge in [-0.2, -0.15) is 0 Å². The third kappa shape index (κ3) is 3.86. The Morgan fingerprint density at radius 2 is 2.04 bits per heavy atom. The van der Waals surface area contributed by atoms with E-state index in [0.717, 1.165) is 41.7 Å². The minimum atomic E-state index is -0.726. The van der Waals surface area contributed by atoms with Gasteiger partial charge in [0.05, 0.1) is 5.56 Å². The van der Waals surface area contributed by atoms with Crippen LogP contribution in [0.4, 0.5) is 5.00 Å². The molecule has 1 aromatic heterocycles. The number of rotatable bonds is 5. The highest BCUT2D eigenvalue weighted by Gasteiger charge is 2.26. The summed E-state index contributed by atoms with van der Waals surface area (Å²) in [6.07, 6.45) is 3.15. The molecule has 26 heavy (non-hydrogen) atoms. The predicted octanol–water partition coefficient (Wildman–Crippen LogP) is 4.09. The van der Waals surface area contributed by atoms with Crippen molar-refractivity contribution in [1.29, 1.82) is 0 Å². The van der Waals surface area contributed by atoms with Gasteiger partial charge in [-0.1, -0.05) is 11.6 Å². The number of benzene rings is 1. The molecule has 5 nitrogen and oxygen atoms in total. The minimum absolute atomic E-state index is 0.321. The molecule has 3 rings (SSSR count). The number of aryl methyl sites for hydroxylation is 2. The second-order valence-corrected chi connectivity index (χ2v) is 7.95. The maximum absolute atomic E-state index is 12.5. The van der Waals surface area contributed by atoms with Crippen molar-refractivity contribution in [3.63, 3.8) is 0 Å². The fraction of sp³-hybridized carbons (Fsp3) is 0.368. The number of nitrogens with two attached hydrogens (primary N) is 1. The zero-order valence-corrected chi connectivity index (χ0v) is 16.3. The lowest BCUT2D eigenvalue weighted by atomic mass is 9.95. The first-order valence-corrected chi connectivity index (χ1v) is 9.74. The van der Waals surface area contributed by atoms with Crippen LogP contribution in [0, 0.1) is 6.92 Å². The van der Waals surface area contributed by atoms with Crippen LogP contribution in [-0.2, 0) is 17.6 Å². The van der Waals surface area contributed by atoms with E-state index in [4.69, 9.17) is 22.1 Å². The predicted molar refractivity (Wildman–Crippen MR) is 104 cm³/mol. The van der Waals surface area contributed by atoms with Crippen LogP contribution in [0.15, 0.2) is 18.2 Å².